The van der Waals surface area contributed by atoms with Crippen LogP contribution in [0, 0.1) is 0 Å². The van der Waals surface area contributed by atoms with Gasteiger partial charge in [0.25, 0.3) is 5.91 Å². The first-order valence-corrected chi connectivity index (χ1v) is 12.0. The van der Waals surface area contributed by atoms with Gasteiger partial charge in [0.1, 0.15) is 23.7 Å². The molecule has 1 fully saturated rings. The zero-order valence-electron chi connectivity index (χ0n) is 20.5. The minimum atomic E-state index is -0.0366. The van der Waals surface area contributed by atoms with Crippen LogP contribution in [0.1, 0.15) is 68.2 Å². The summed E-state index contributed by atoms with van der Waals surface area (Å²) >= 11 is 0. The summed E-state index contributed by atoms with van der Waals surface area (Å²) in [5, 5.41) is 11.5. The van der Waals surface area contributed by atoms with Crippen LogP contribution in [0.5, 0.6) is 0 Å². The van der Waals surface area contributed by atoms with Crippen LogP contribution < -0.4 is 15.1 Å². The molecule has 3 aromatic heterocycles. The Labute approximate surface area is 200 Å². The number of fused-ring (bicyclic) bond motifs is 1. The SMILES string of the molecule is CNCc1nc(N2[C@H](C)CC[C@@H]2C)cc2c1CN(c1cccc(-c3nncn3C(C)C)n1)C2=O. The van der Waals surface area contributed by atoms with E-state index < -0.39 is 0 Å². The summed E-state index contributed by atoms with van der Waals surface area (Å²) in [4.78, 5) is 27.6. The number of carbonyl (C=O) groups excluding carboxylic acids is 1. The fourth-order valence-electron chi connectivity index (χ4n) is 5.13. The second-order valence-corrected chi connectivity index (χ2v) is 9.59. The largest absolute Gasteiger partial charge is 0.351 e. The maximum absolute atomic E-state index is 13.6. The molecule has 5 heterocycles. The minimum Gasteiger partial charge on any atom is -0.351 e. The molecule has 0 aromatic carbocycles. The first-order valence-electron chi connectivity index (χ1n) is 12.0. The molecule has 2 aliphatic heterocycles. The zero-order chi connectivity index (χ0) is 24.0. The highest BCUT2D eigenvalue weighted by molar-refractivity contribution is 6.10. The van der Waals surface area contributed by atoms with Gasteiger partial charge in [-0.3, -0.25) is 9.69 Å². The van der Waals surface area contributed by atoms with Gasteiger partial charge in [-0.15, -0.1) is 10.2 Å². The number of nitrogens with one attached hydrogen (secondary N) is 1. The van der Waals surface area contributed by atoms with Gasteiger partial charge in [-0.2, -0.15) is 0 Å². The van der Waals surface area contributed by atoms with Crippen molar-refractivity contribution in [2.24, 2.45) is 0 Å². The van der Waals surface area contributed by atoms with Crippen LogP contribution in [-0.4, -0.2) is 49.8 Å². The lowest BCUT2D eigenvalue weighted by Gasteiger charge is -2.28. The Morgan fingerprint density at radius 3 is 2.59 bits per heavy atom. The van der Waals surface area contributed by atoms with Crippen LogP contribution in [0.2, 0.25) is 0 Å². The molecule has 3 aromatic rings. The fourth-order valence-corrected chi connectivity index (χ4v) is 5.13. The van der Waals surface area contributed by atoms with E-state index in [1.165, 1.54) is 0 Å². The predicted octanol–water partition coefficient (Wildman–Crippen LogP) is 3.57. The molecular formula is C25H32N8O. The summed E-state index contributed by atoms with van der Waals surface area (Å²) in [5.41, 5.74) is 3.31. The lowest BCUT2D eigenvalue weighted by atomic mass is 10.1. The number of pyridine rings is 2. The summed E-state index contributed by atoms with van der Waals surface area (Å²) in [5.74, 6) is 2.16. The lowest BCUT2D eigenvalue weighted by Crippen LogP contribution is -2.34. The molecule has 0 saturated carbocycles. The first-order chi connectivity index (χ1) is 16.4. The van der Waals surface area contributed by atoms with Crippen molar-refractivity contribution in [3.05, 3.63) is 47.4 Å². The van der Waals surface area contributed by atoms with E-state index in [0.717, 1.165) is 35.5 Å². The Hall–Kier alpha value is -3.33. The van der Waals surface area contributed by atoms with Crippen molar-refractivity contribution in [1.82, 2.24) is 30.0 Å². The van der Waals surface area contributed by atoms with Crippen molar-refractivity contribution in [3.8, 4) is 11.5 Å². The molecule has 0 aliphatic carbocycles. The first kappa shape index (κ1) is 22.5. The molecule has 2 aliphatic rings. The number of aromatic nitrogens is 5. The van der Waals surface area contributed by atoms with E-state index in [1.807, 2.05) is 35.9 Å². The number of rotatable bonds is 6. The standard InChI is InChI=1S/C25H32N8O/c1-15(2)32-14-27-30-24(32)20-7-6-8-22(28-20)31-13-19-18(25(31)34)11-23(29-21(19)12-26-5)33-16(3)9-10-17(33)4/h6-8,11,14-17,26H,9-10,12-13H2,1-5H3/t16-,17+. The van der Waals surface area contributed by atoms with Crippen LogP contribution in [0.3, 0.4) is 0 Å². The van der Waals surface area contributed by atoms with Gasteiger partial charge in [0.05, 0.1) is 17.8 Å². The van der Waals surface area contributed by atoms with Gasteiger partial charge < -0.3 is 14.8 Å². The molecule has 0 radical (unpaired) electrons. The lowest BCUT2D eigenvalue weighted by molar-refractivity contribution is 0.0996. The van der Waals surface area contributed by atoms with Crippen LogP contribution in [0.25, 0.3) is 11.5 Å². The molecule has 9 heteroatoms. The van der Waals surface area contributed by atoms with Gasteiger partial charge in [0, 0.05) is 30.2 Å². The summed E-state index contributed by atoms with van der Waals surface area (Å²) in [7, 11) is 1.91. The van der Waals surface area contributed by atoms with Crippen molar-refractivity contribution < 1.29 is 4.79 Å². The summed E-state index contributed by atoms with van der Waals surface area (Å²) in [6, 6.07) is 8.70. The third kappa shape index (κ3) is 3.73. The second-order valence-electron chi connectivity index (χ2n) is 9.59. The van der Waals surface area contributed by atoms with Crippen molar-refractivity contribution in [2.45, 2.75) is 71.8 Å². The molecule has 5 rings (SSSR count). The fraction of sp³-hybridized carbons (Fsp3) is 0.480. The highest BCUT2D eigenvalue weighted by Gasteiger charge is 2.35. The number of hydrogen-bond acceptors (Lipinski definition) is 7. The average Bonchev–Trinajstić information content (AvgIpc) is 3.52. The van der Waals surface area contributed by atoms with Gasteiger partial charge in [0.2, 0.25) is 0 Å². The highest BCUT2D eigenvalue weighted by Crippen LogP contribution is 2.35. The molecule has 1 saturated heterocycles. The summed E-state index contributed by atoms with van der Waals surface area (Å²) < 4.78 is 1.98. The molecule has 0 bridgehead atoms. The molecule has 1 amide bonds. The van der Waals surface area contributed by atoms with Crippen molar-refractivity contribution in [1.29, 1.82) is 0 Å². The molecule has 1 N–H and O–H groups in total. The Balaban J connectivity index is 1.52. The molecule has 2 atom stereocenters. The van der Waals surface area contributed by atoms with E-state index >= 15 is 0 Å². The van der Waals surface area contributed by atoms with Gasteiger partial charge in [-0.05, 0) is 65.8 Å². The van der Waals surface area contributed by atoms with E-state index in [9.17, 15) is 4.79 Å². The third-order valence-corrected chi connectivity index (χ3v) is 6.92. The van der Waals surface area contributed by atoms with E-state index in [1.54, 1.807) is 11.2 Å². The molecule has 34 heavy (non-hydrogen) atoms. The Morgan fingerprint density at radius 1 is 1.12 bits per heavy atom. The number of hydrogen-bond donors (Lipinski definition) is 1. The van der Waals surface area contributed by atoms with Crippen LogP contribution in [0.15, 0.2) is 30.6 Å². The number of nitrogens with zero attached hydrogens (tertiary/aromatic N) is 7. The van der Waals surface area contributed by atoms with Crippen LogP contribution >= 0.6 is 0 Å². The Kier molecular flexibility index (Phi) is 5.81. The molecular weight excluding hydrogens is 428 g/mol. The topological polar surface area (TPSA) is 92.1 Å². The zero-order valence-corrected chi connectivity index (χ0v) is 20.5. The highest BCUT2D eigenvalue weighted by atomic mass is 16.2. The maximum Gasteiger partial charge on any atom is 0.260 e. The van der Waals surface area contributed by atoms with E-state index in [2.05, 4.69) is 48.1 Å². The summed E-state index contributed by atoms with van der Waals surface area (Å²) in [6.07, 6.45) is 3.99. The van der Waals surface area contributed by atoms with Gasteiger partial charge in [0.15, 0.2) is 5.82 Å². The third-order valence-electron chi connectivity index (χ3n) is 6.92. The molecule has 0 unspecified atom stereocenters. The summed E-state index contributed by atoms with van der Waals surface area (Å²) in [6.45, 7) is 9.68. The number of carbonyl (C=O) groups is 1. The predicted molar refractivity (Wildman–Crippen MR) is 132 cm³/mol. The molecule has 178 valence electrons. The van der Waals surface area contributed by atoms with E-state index in [-0.39, 0.29) is 11.9 Å². The normalized spacial score (nSPS) is 20.0. The van der Waals surface area contributed by atoms with Gasteiger partial charge in [-0.25, -0.2) is 9.97 Å². The monoisotopic (exact) mass is 460 g/mol. The van der Waals surface area contributed by atoms with Crippen LogP contribution in [0.4, 0.5) is 11.6 Å². The second kappa shape index (κ2) is 8.79. The quantitative estimate of drug-likeness (QED) is 0.601. The minimum absolute atomic E-state index is 0.0366. The van der Waals surface area contributed by atoms with Gasteiger partial charge >= 0.3 is 0 Å². The van der Waals surface area contributed by atoms with Gasteiger partial charge in [-0.1, -0.05) is 6.07 Å². The average molecular weight is 461 g/mol. The van der Waals surface area contributed by atoms with E-state index in [4.69, 9.17) is 9.97 Å². The molecule has 9 nitrogen and oxygen atoms in total. The van der Waals surface area contributed by atoms with E-state index in [0.29, 0.717) is 42.5 Å². The molecule has 0 spiro atoms. The maximum atomic E-state index is 13.6. The Morgan fingerprint density at radius 2 is 1.88 bits per heavy atom. The smallest absolute Gasteiger partial charge is 0.260 e. The number of anilines is 2. The van der Waals surface area contributed by atoms with Crippen molar-refractivity contribution in [2.75, 3.05) is 16.8 Å². The van der Waals surface area contributed by atoms with Crippen molar-refractivity contribution in [3.63, 3.8) is 0 Å². The Bertz CT molecular complexity index is 1210. The van der Waals surface area contributed by atoms with Crippen LogP contribution in [-0.2, 0) is 13.1 Å². The number of amides is 1. The van der Waals surface area contributed by atoms with Crippen molar-refractivity contribution >= 4 is 17.5 Å².